The molecule has 0 aliphatic carbocycles. The fraction of sp³-hybridized carbons (Fsp3) is 0.333. The molecule has 1 aromatic heterocycles. The number of nitro groups is 1. The lowest BCUT2D eigenvalue weighted by molar-refractivity contribution is -0.384. The second-order valence-electron chi connectivity index (χ2n) is 6.01. The molecule has 0 saturated heterocycles. The van der Waals surface area contributed by atoms with Crippen LogP contribution in [0.4, 0.5) is 5.69 Å². The SMILES string of the molecule is CC(=O)N[C@H](CC(=O)N(C)[C@H](C)c1cccc([N+](=O)[O-])c1)c1cccs1. The molecular weight excluding hydrogens is 354 g/mol. The number of non-ortho nitro benzene ring substituents is 1. The smallest absolute Gasteiger partial charge is 0.269 e. The molecule has 2 amide bonds. The Kier molecular flexibility index (Phi) is 6.46. The van der Waals surface area contributed by atoms with E-state index in [9.17, 15) is 19.7 Å². The summed E-state index contributed by atoms with van der Waals surface area (Å²) in [6, 6.07) is 9.28. The predicted octanol–water partition coefficient (Wildman–Crippen LogP) is 3.44. The zero-order valence-electron chi connectivity index (χ0n) is 14.8. The molecule has 2 aromatic rings. The number of amides is 2. The van der Waals surface area contributed by atoms with Crippen molar-refractivity contribution in [2.45, 2.75) is 32.4 Å². The van der Waals surface area contributed by atoms with Crippen LogP contribution in [0.2, 0.25) is 0 Å². The van der Waals surface area contributed by atoms with Crippen LogP contribution in [0.15, 0.2) is 41.8 Å². The number of nitro benzene ring substituents is 1. The van der Waals surface area contributed by atoms with Gasteiger partial charge in [0.2, 0.25) is 11.8 Å². The molecule has 0 fully saturated rings. The Bertz CT molecular complexity index is 791. The first-order valence-electron chi connectivity index (χ1n) is 8.10. The van der Waals surface area contributed by atoms with Gasteiger partial charge in [-0.25, -0.2) is 0 Å². The van der Waals surface area contributed by atoms with Crippen LogP contribution in [0.3, 0.4) is 0 Å². The number of benzene rings is 1. The molecule has 0 aliphatic rings. The van der Waals surface area contributed by atoms with Gasteiger partial charge in [0.05, 0.1) is 23.4 Å². The summed E-state index contributed by atoms with van der Waals surface area (Å²) in [5.74, 6) is -0.359. The lowest BCUT2D eigenvalue weighted by Crippen LogP contribution is -2.34. The van der Waals surface area contributed by atoms with Gasteiger partial charge >= 0.3 is 0 Å². The highest BCUT2D eigenvalue weighted by atomic mass is 32.1. The molecule has 1 heterocycles. The molecule has 0 saturated carbocycles. The molecule has 7 nitrogen and oxygen atoms in total. The van der Waals surface area contributed by atoms with Crippen molar-refractivity contribution >= 4 is 28.8 Å². The Morgan fingerprint density at radius 1 is 1.31 bits per heavy atom. The van der Waals surface area contributed by atoms with Gasteiger partial charge < -0.3 is 10.2 Å². The minimum Gasteiger partial charge on any atom is -0.348 e. The third-order valence-electron chi connectivity index (χ3n) is 4.18. The zero-order chi connectivity index (χ0) is 19.3. The second kappa shape index (κ2) is 8.57. The fourth-order valence-electron chi connectivity index (χ4n) is 2.61. The predicted molar refractivity (Wildman–Crippen MR) is 99.8 cm³/mol. The van der Waals surface area contributed by atoms with E-state index in [1.54, 1.807) is 24.1 Å². The normalized spacial score (nSPS) is 12.9. The highest BCUT2D eigenvalue weighted by Gasteiger charge is 2.24. The minimum absolute atomic E-state index is 0.00934. The topological polar surface area (TPSA) is 92.6 Å². The lowest BCUT2D eigenvalue weighted by atomic mass is 10.0. The molecular formula is C18H21N3O4S. The van der Waals surface area contributed by atoms with Crippen LogP contribution in [0.25, 0.3) is 0 Å². The monoisotopic (exact) mass is 375 g/mol. The Morgan fingerprint density at radius 2 is 2.04 bits per heavy atom. The fourth-order valence-corrected chi connectivity index (χ4v) is 3.39. The molecule has 26 heavy (non-hydrogen) atoms. The molecule has 138 valence electrons. The van der Waals surface area contributed by atoms with E-state index in [1.807, 2.05) is 24.4 Å². The third-order valence-corrected chi connectivity index (χ3v) is 5.17. The van der Waals surface area contributed by atoms with Crippen molar-refractivity contribution < 1.29 is 14.5 Å². The summed E-state index contributed by atoms with van der Waals surface area (Å²) in [7, 11) is 1.66. The number of hydrogen-bond donors (Lipinski definition) is 1. The minimum atomic E-state index is -0.457. The Balaban J connectivity index is 2.13. The van der Waals surface area contributed by atoms with Crippen molar-refractivity contribution in [3.63, 3.8) is 0 Å². The van der Waals surface area contributed by atoms with Crippen molar-refractivity contribution in [1.29, 1.82) is 0 Å². The van der Waals surface area contributed by atoms with Gasteiger partial charge in [-0.3, -0.25) is 19.7 Å². The molecule has 0 unspecified atom stereocenters. The number of rotatable bonds is 7. The Hall–Kier alpha value is -2.74. The first-order chi connectivity index (χ1) is 12.3. The second-order valence-corrected chi connectivity index (χ2v) is 6.98. The first-order valence-corrected chi connectivity index (χ1v) is 8.98. The average Bonchev–Trinajstić information content (AvgIpc) is 3.14. The van der Waals surface area contributed by atoms with Crippen molar-refractivity contribution in [3.8, 4) is 0 Å². The van der Waals surface area contributed by atoms with E-state index < -0.39 is 4.92 Å². The highest BCUT2D eigenvalue weighted by Crippen LogP contribution is 2.27. The number of carbonyl (C=O) groups excluding carboxylic acids is 2. The summed E-state index contributed by atoms with van der Waals surface area (Å²) in [4.78, 5) is 37.1. The van der Waals surface area contributed by atoms with E-state index in [-0.39, 0.29) is 36.0 Å². The van der Waals surface area contributed by atoms with Crippen molar-refractivity contribution in [3.05, 3.63) is 62.3 Å². The van der Waals surface area contributed by atoms with Gasteiger partial charge in [-0.15, -0.1) is 11.3 Å². The van der Waals surface area contributed by atoms with Crippen molar-refractivity contribution in [1.82, 2.24) is 10.2 Å². The van der Waals surface area contributed by atoms with Gasteiger partial charge in [-0.2, -0.15) is 0 Å². The molecule has 2 atom stereocenters. The average molecular weight is 375 g/mol. The maximum atomic E-state index is 12.7. The largest absolute Gasteiger partial charge is 0.348 e. The van der Waals surface area contributed by atoms with E-state index in [1.165, 1.54) is 30.4 Å². The summed E-state index contributed by atoms with van der Waals surface area (Å²) in [5.41, 5.74) is 0.673. The first kappa shape index (κ1) is 19.6. The Labute approximate surface area is 155 Å². The van der Waals surface area contributed by atoms with Gasteiger partial charge in [0.15, 0.2) is 0 Å². The quantitative estimate of drug-likeness (QED) is 0.593. The van der Waals surface area contributed by atoms with Crippen LogP contribution >= 0.6 is 11.3 Å². The van der Waals surface area contributed by atoms with Crippen LogP contribution in [0.5, 0.6) is 0 Å². The van der Waals surface area contributed by atoms with E-state index in [2.05, 4.69) is 5.32 Å². The highest BCUT2D eigenvalue weighted by molar-refractivity contribution is 7.10. The van der Waals surface area contributed by atoms with Crippen LogP contribution in [0, 0.1) is 10.1 Å². The summed E-state index contributed by atoms with van der Waals surface area (Å²) >= 11 is 1.48. The molecule has 0 spiro atoms. The van der Waals surface area contributed by atoms with Gasteiger partial charge in [0.25, 0.3) is 5.69 Å². The van der Waals surface area contributed by atoms with Crippen molar-refractivity contribution in [2.24, 2.45) is 0 Å². The van der Waals surface area contributed by atoms with Crippen LogP contribution in [-0.2, 0) is 9.59 Å². The summed E-state index contributed by atoms with van der Waals surface area (Å²) in [5, 5.41) is 15.6. The molecule has 0 aliphatic heterocycles. The molecule has 2 rings (SSSR count). The van der Waals surface area contributed by atoms with Crippen LogP contribution in [0.1, 0.15) is 42.8 Å². The summed E-state index contributed by atoms with van der Waals surface area (Å²) < 4.78 is 0. The van der Waals surface area contributed by atoms with Gasteiger partial charge in [0.1, 0.15) is 0 Å². The van der Waals surface area contributed by atoms with Gasteiger partial charge in [0, 0.05) is 31.0 Å². The number of nitrogens with one attached hydrogen (secondary N) is 1. The van der Waals surface area contributed by atoms with E-state index >= 15 is 0 Å². The summed E-state index contributed by atoms with van der Waals surface area (Å²) in [6.07, 6.45) is 0.121. The maximum Gasteiger partial charge on any atom is 0.269 e. The molecule has 8 heteroatoms. The number of nitrogens with zero attached hydrogens (tertiary/aromatic N) is 2. The third kappa shape index (κ3) is 4.89. The molecule has 1 N–H and O–H groups in total. The van der Waals surface area contributed by atoms with E-state index in [0.29, 0.717) is 5.56 Å². The van der Waals surface area contributed by atoms with E-state index in [4.69, 9.17) is 0 Å². The maximum absolute atomic E-state index is 12.7. The molecule has 0 bridgehead atoms. The molecule has 1 aromatic carbocycles. The van der Waals surface area contributed by atoms with Gasteiger partial charge in [-0.05, 0) is 23.9 Å². The number of thiophene rings is 1. The van der Waals surface area contributed by atoms with E-state index in [0.717, 1.165) is 4.88 Å². The van der Waals surface area contributed by atoms with Crippen molar-refractivity contribution in [2.75, 3.05) is 7.05 Å². The number of carbonyl (C=O) groups is 2. The number of hydrogen-bond acceptors (Lipinski definition) is 5. The van der Waals surface area contributed by atoms with Crippen LogP contribution in [-0.4, -0.2) is 28.7 Å². The molecule has 0 radical (unpaired) electrons. The zero-order valence-corrected chi connectivity index (χ0v) is 15.7. The summed E-state index contributed by atoms with van der Waals surface area (Å²) in [6.45, 7) is 3.23. The van der Waals surface area contributed by atoms with Crippen LogP contribution < -0.4 is 5.32 Å². The standard InChI is InChI=1S/C18H21N3O4S/c1-12(14-6-4-7-15(10-14)21(24)25)20(3)18(23)11-16(19-13(2)22)17-8-5-9-26-17/h4-10,12,16H,11H2,1-3H3,(H,19,22)/t12-,16-/m1/s1. The lowest BCUT2D eigenvalue weighted by Gasteiger charge is -2.27. The Morgan fingerprint density at radius 3 is 2.62 bits per heavy atom. The van der Waals surface area contributed by atoms with Gasteiger partial charge in [-0.1, -0.05) is 18.2 Å².